The van der Waals surface area contributed by atoms with E-state index < -0.39 is 0 Å². The Morgan fingerprint density at radius 3 is 2.44 bits per heavy atom. The monoisotopic (exact) mass is 126 g/mol. The van der Waals surface area contributed by atoms with Crippen molar-refractivity contribution in [3.63, 3.8) is 0 Å². The van der Waals surface area contributed by atoms with Gasteiger partial charge in [-0.1, -0.05) is 0 Å². The molecule has 1 heterocycles. The summed E-state index contributed by atoms with van der Waals surface area (Å²) in [6, 6.07) is 3.27. The number of furan rings is 1. The Bertz CT molecular complexity index is 155. The largest absolute Gasteiger partial charge is 0.462 e. The highest BCUT2D eigenvalue weighted by molar-refractivity contribution is 5.69. The zero-order valence-electron chi connectivity index (χ0n) is 4.74. The molecule has 0 spiro atoms. The summed E-state index contributed by atoms with van der Waals surface area (Å²) < 4.78 is 4.61. The smallest absolute Gasteiger partial charge is 0.185 e. The molecule has 0 aliphatic carbocycles. The van der Waals surface area contributed by atoms with Gasteiger partial charge in [0.25, 0.3) is 0 Å². The molecule has 1 aromatic heterocycles. The van der Waals surface area contributed by atoms with Crippen LogP contribution in [0.4, 0.5) is 0 Å². The molecule has 0 unspecified atom stereocenters. The van der Waals surface area contributed by atoms with E-state index >= 15 is 0 Å². The molecule has 0 atom stereocenters. The van der Waals surface area contributed by atoms with Crippen LogP contribution in [-0.4, -0.2) is 13.1 Å². The number of hydrogen-bond donors (Lipinski definition) is 0. The van der Waals surface area contributed by atoms with Gasteiger partial charge in [0.15, 0.2) is 12.0 Å². The summed E-state index contributed by atoms with van der Waals surface area (Å²) in [5, 5.41) is 0. The lowest BCUT2D eigenvalue weighted by atomic mass is 10.5. The molecule has 3 nitrogen and oxygen atoms in total. The van der Waals surface area contributed by atoms with Crippen molar-refractivity contribution in [1.29, 1.82) is 0 Å². The minimum absolute atomic E-state index is 0.375. The Labute approximate surface area is 52.3 Å². The van der Waals surface area contributed by atoms with Crippen LogP contribution in [0.25, 0.3) is 0 Å². The number of hydrogen-bond acceptors (Lipinski definition) is 3. The molecule has 0 aliphatic rings. The highest BCUT2D eigenvalue weighted by atomic mass is 16.3. The molecule has 48 valence electrons. The van der Waals surface area contributed by atoms with Gasteiger partial charge in [0.1, 0.15) is 6.79 Å². The van der Waals surface area contributed by atoms with Crippen molar-refractivity contribution in [2.24, 2.45) is 0 Å². The quantitative estimate of drug-likeness (QED) is 0.525. The molecule has 9 heavy (non-hydrogen) atoms. The van der Waals surface area contributed by atoms with Crippen LogP contribution in [0.5, 0.6) is 0 Å². The maximum atomic E-state index is 9.77. The summed E-state index contributed by atoms with van der Waals surface area (Å²) in [7, 11) is 0. The molecule has 0 aliphatic heterocycles. The molecular weight excluding hydrogens is 120 g/mol. The first-order valence-corrected chi connectivity index (χ1v) is 2.21. The van der Waals surface area contributed by atoms with Crippen LogP contribution < -0.4 is 0 Å². The third kappa shape index (κ3) is 2.43. The van der Waals surface area contributed by atoms with Crippen molar-refractivity contribution >= 4 is 13.1 Å². The van der Waals surface area contributed by atoms with Crippen LogP contribution in [0.2, 0.25) is 0 Å². The summed E-state index contributed by atoms with van der Waals surface area (Å²) in [6.45, 7) is 2.00. The van der Waals surface area contributed by atoms with E-state index in [1.165, 1.54) is 6.26 Å². The van der Waals surface area contributed by atoms with Crippen molar-refractivity contribution < 1.29 is 14.0 Å². The third-order valence-corrected chi connectivity index (χ3v) is 0.659. The molecule has 0 saturated heterocycles. The fourth-order valence-electron chi connectivity index (χ4n) is 0.358. The van der Waals surface area contributed by atoms with Gasteiger partial charge in [0.05, 0.1) is 6.26 Å². The van der Waals surface area contributed by atoms with Gasteiger partial charge in [-0.25, -0.2) is 0 Å². The highest BCUT2D eigenvalue weighted by Gasteiger charge is 1.84. The number of aldehydes is 1. The maximum Gasteiger partial charge on any atom is 0.185 e. The zero-order chi connectivity index (χ0) is 7.11. The van der Waals surface area contributed by atoms with Crippen molar-refractivity contribution in [1.82, 2.24) is 0 Å². The van der Waals surface area contributed by atoms with E-state index in [1.54, 1.807) is 12.1 Å². The second-order valence-electron chi connectivity index (χ2n) is 1.13. The van der Waals surface area contributed by atoms with E-state index in [0.717, 1.165) is 0 Å². The molecule has 3 heteroatoms. The van der Waals surface area contributed by atoms with Crippen molar-refractivity contribution in [2.75, 3.05) is 0 Å². The second-order valence-corrected chi connectivity index (χ2v) is 1.13. The average molecular weight is 126 g/mol. The van der Waals surface area contributed by atoms with E-state index in [9.17, 15) is 4.79 Å². The molecular formula is C6H6O3. The fraction of sp³-hybridized carbons (Fsp3) is 0. The average Bonchev–Trinajstić information content (AvgIpc) is 2.43. The molecule has 1 aromatic rings. The van der Waals surface area contributed by atoms with E-state index in [2.05, 4.69) is 4.42 Å². The van der Waals surface area contributed by atoms with E-state index in [-0.39, 0.29) is 0 Å². The standard InChI is InChI=1S/C5H4O2.CH2O/c6-4-5-2-1-3-7-5;1-2/h1-4H;1H2. The Morgan fingerprint density at radius 2 is 2.22 bits per heavy atom. The molecule has 0 amide bonds. The molecule has 0 fully saturated rings. The van der Waals surface area contributed by atoms with E-state index in [1.807, 2.05) is 6.79 Å². The van der Waals surface area contributed by atoms with Crippen LogP contribution in [0.15, 0.2) is 22.8 Å². The minimum Gasteiger partial charge on any atom is -0.462 e. The van der Waals surface area contributed by atoms with Crippen molar-refractivity contribution in [3.8, 4) is 0 Å². The first kappa shape index (κ1) is 7.62. The topological polar surface area (TPSA) is 47.3 Å². The molecule has 1 rings (SSSR count). The molecule has 0 bridgehead atoms. The normalized spacial score (nSPS) is 7.11. The molecule has 0 saturated carbocycles. The Morgan fingerprint density at radius 1 is 1.56 bits per heavy atom. The van der Waals surface area contributed by atoms with Gasteiger partial charge in [0, 0.05) is 0 Å². The van der Waals surface area contributed by atoms with Gasteiger partial charge in [-0.3, -0.25) is 4.79 Å². The summed E-state index contributed by atoms with van der Waals surface area (Å²) in [5.41, 5.74) is 0. The van der Waals surface area contributed by atoms with Gasteiger partial charge in [-0.05, 0) is 12.1 Å². The number of carbonyl (C=O) groups is 2. The fourth-order valence-corrected chi connectivity index (χ4v) is 0.358. The molecule has 0 aromatic carbocycles. The van der Waals surface area contributed by atoms with Gasteiger partial charge in [-0.15, -0.1) is 0 Å². The van der Waals surface area contributed by atoms with Crippen molar-refractivity contribution in [3.05, 3.63) is 24.2 Å². The first-order chi connectivity index (χ1) is 4.43. The predicted molar refractivity (Wildman–Crippen MR) is 31.2 cm³/mol. The predicted octanol–water partition coefficient (Wildman–Crippen LogP) is 0.907. The van der Waals surface area contributed by atoms with Crippen LogP contribution >= 0.6 is 0 Å². The zero-order valence-corrected chi connectivity index (χ0v) is 4.74. The summed E-state index contributed by atoms with van der Waals surface area (Å²) in [6.07, 6.45) is 2.13. The number of carbonyl (C=O) groups excluding carboxylic acids is 2. The Hall–Kier alpha value is -1.38. The lowest BCUT2D eigenvalue weighted by molar-refractivity contribution is -0.0979. The van der Waals surface area contributed by atoms with E-state index in [0.29, 0.717) is 12.0 Å². The van der Waals surface area contributed by atoms with Crippen LogP contribution in [0, 0.1) is 0 Å². The molecule has 0 radical (unpaired) electrons. The van der Waals surface area contributed by atoms with Gasteiger partial charge < -0.3 is 9.21 Å². The summed E-state index contributed by atoms with van der Waals surface area (Å²) in [4.78, 5) is 17.8. The van der Waals surface area contributed by atoms with Gasteiger partial charge in [0.2, 0.25) is 0 Å². The lowest BCUT2D eigenvalue weighted by Gasteiger charge is -1.68. The van der Waals surface area contributed by atoms with Gasteiger partial charge in [-0.2, -0.15) is 0 Å². The molecule has 0 N–H and O–H groups in total. The second kappa shape index (κ2) is 4.77. The maximum absolute atomic E-state index is 9.77. The van der Waals surface area contributed by atoms with Crippen LogP contribution in [0.3, 0.4) is 0 Å². The Balaban J connectivity index is 0.000000291. The minimum atomic E-state index is 0.375. The third-order valence-electron chi connectivity index (χ3n) is 0.659. The SMILES string of the molecule is C=O.O=Cc1ccco1. The van der Waals surface area contributed by atoms with Crippen LogP contribution in [0.1, 0.15) is 10.6 Å². The van der Waals surface area contributed by atoms with Crippen molar-refractivity contribution in [2.45, 2.75) is 0 Å². The van der Waals surface area contributed by atoms with Gasteiger partial charge >= 0.3 is 0 Å². The summed E-state index contributed by atoms with van der Waals surface area (Å²) in [5.74, 6) is 0.375. The van der Waals surface area contributed by atoms with Crippen LogP contribution in [-0.2, 0) is 4.79 Å². The number of rotatable bonds is 1. The first-order valence-electron chi connectivity index (χ1n) is 2.21. The Kier molecular flexibility index (Phi) is 4.04. The van der Waals surface area contributed by atoms with E-state index in [4.69, 9.17) is 4.79 Å². The summed E-state index contributed by atoms with van der Waals surface area (Å²) >= 11 is 0. The highest BCUT2D eigenvalue weighted by Crippen LogP contribution is 1.92. The lowest BCUT2D eigenvalue weighted by Crippen LogP contribution is -1.65.